The Bertz CT molecular complexity index is 664. The number of ketones is 1. The molecule has 2 unspecified atom stereocenters. The highest BCUT2D eigenvalue weighted by atomic mass is 16.2. The molecule has 1 aromatic rings. The van der Waals surface area contributed by atoms with Gasteiger partial charge in [-0.25, -0.2) is 0 Å². The number of aromatic nitrogens is 2. The van der Waals surface area contributed by atoms with Crippen molar-refractivity contribution in [3.05, 3.63) is 17.0 Å². The van der Waals surface area contributed by atoms with Crippen LogP contribution in [0.15, 0.2) is 0 Å². The number of carbonyl (C=O) groups excluding carboxylic acids is 2. The highest BCUT2D eigenvalue weighted by Gasteiger charge is 2.45. The molecule has 23 heavy (non-hydrogen) atoms. The number of rotatable bonds is 2. The zero-order valence-electron chi connectivity index (χ0n) is 14.2. The second-order valence-electron chi connectivity index (χ2n) is 7.89. The second-order valence-corrected chi connectivity index (χ2v) is 7.89. The van der Waals surface area contributed by atoms with Gasteiger partial charge in [-0.1, -0.05) is 0 Å². The van der Waals surface area contributed by atoms with E-state index in [1.807, 2.05) is 25.8 Å². The van der Waals surface area contributed by atoms with Gasteiger partial charge in [-0.2, -0.15) is 5.10 Å². The van der Waals surface area contributed by atoms with E-state index >= 15 is 0 Å². The van der Waals surface area contributed by atoms with Crippen molar-refractivity contribution in [2.75, 3.05) is 6.54 Å². The fraction of sp³-hybridized carbons (Fsp3) is 0.722. The lowest BCUT2D eigenvalue weighted by Crippen LogP contribution is -2.45. The van der Waals surface area contributed by atoms with Crippen LogP contribution in [0.1, 0.15) is 53.8 Å². The Hall–Kier alpha value is -1.65. The van der Waals surface area contributed by atoms with Crippen molar-refractivity contribution in [3.8, 4) is 0 Å². The quantitative estimate of drug-likeness (QED) is 0.621. The molecule has 3 heterocycles. The molecule has 4 atom stereocenters. The van der Waals surface area contributed by atoms with Gasteiger partial charge in [-0.3, -0.25) is 14.3 Å². The minimum atomic E-state index is -0.366. The molecule has 4 bridgehead atoms. The minimum Gasteiger partial charge on any atom is -0.333 e. The molecule has 5 nitrogen and oxygen atoms in total. The summed E-state index contributed by atoms with van der Waals surface area (Å²) in [7, 11) is 1.82. The summed E-state index contributed by atoms with van der Waals surface area (Å²) in [5.74, 6) is 1.47. The number of hydrogen-bond donors (Lipinski definition) is 0. The summed E-state index contributed by atoms with van der Waals surface area (Å²) in [6.07, 6.45) is 6.02. The molecule has 0 radical (unpaired) electrons. The molecule has 2 aliphatic heterocycles. The smallest absolute Gasteiger partial charge is 0.295 e. The third kappa shape index (κ3) is 2.32. The molecule has 2 saturated carbocycles. The summed E-state index contributed by atoms with van der Waals surface area (Å²) >= 11 is 0. The summed E-state index contributed by atoms with van der Waals surface area (Å²) in [5, 5.41) is 4.29. The molecule has 2 saturated heterocycles. The van der Waals surface area contributed by atoms with Gasteiger partial charge in [0.05, 0.1) is 11.3 Å². The normalized spacial score (nSPS) is 32.2. The molecule has 124 valence electrons. The van der Waals surface area contributed by atoms with Crippen molar-refractivity contribution in [2.45, 2.75) is 52.0 Å². The summed E-state index contributed by atoms with van der Waals surface area (Å²) in [6, 6.07) is 0.278. The molecule has 1 amide bonds. The zero-order valence-corrected chi connectivity index (χ0v) is 14.2. The number of Topliss-reactive ketones (excluding diaryl/α,β-unsaturated/α-hetero) is 1. The van der Waals surface area contributed by atoms with E-state index in [0.717, 1.165) is 36.9 Å². The zero-order chi connectivity index (χ0) is 16.3. The van der Waals surface area contributed by atoms with Crippen LogP contribution in [-0.4, -0.2) is 39.0 Å². The van der Waals surface area contributed by atoms with Crippen LogP contribution in [0.25, 0.3) is 0 Å². The van der Waals surface area contributed by atoms with Gasteiger partial charge in [0.2, 0.25) is 0 Å². The minimum absolute atomic E-state index is 0.278. The molecule has 0 spiro atoms. The van der Waals surface area contributed by atoms with E-state index in [-0.39, 0.29) is 17.7 Å². The van der Waals surface area contributed by atoms with Crippen LogP contribution >= 0.6 is 0 Å². The number of nitrogens with zero attached hydrogens (tertiary/aromatic N) is 3. The van der Waals surface area contributed by atoms with Crippen molar-refractivity contribution in [3.63, 3.8) is 0 Å². The maximum absolute atomic E-state index is 13.0. The van der Waals surface area contributed by atoms with E-state index in [4.69, 9.17) is 0 Å². The van der Waals surface area contributed by atoms with Crippen LogP contribution in [0, 0.1) is 31.6 Å². The van der Waals surface area contributed by atoms with E-state index in [2.05, 4.69) is 5.10 Å². The highest BCUT2D eigenvalue weighted by molar-refractivity contribution is 6.43. The molecule has 4 fully saturated rings. The Morgan fingerprint density at radius 1 is 1.00 bits per heavy atom. The maximum atomic E-state index is 13.0. The molecule has 1 aromatic heterocycles. The van der Waals surface area contributed by atoms with Crippen LogP contribution in [0.5, 0.6) is 0 Å². The lowest BCUT2D eigenvalue weighted by Gasteiger charge is -2.38. The van der Waals surface area contributed by atoms with E-state index in [9.17, 15) is 9.59 Å². The summed E-state index contributed by atoms with van der Waals surface area (Å²) < 4.78 is 1.69. The van der Waals surface area contributed by atoms with Crippen LogP contribution in [0.4, 0.5) is 0 Å². The van der Waals surface area contributed by atoms with Crippen LogP contribution in [0.2, 0.25) is 0 Å². The standard InChI is InChI=1S/C18H25N3O2/c1-10-16(11(2)20(3)19-10)17(22)18(23)21-9-14-5-12-4-13(6-14)8-15(21)7-12/h12-15H,4-9H2,1-3H3/t12-,13+,14?,15?. The van der Waals surface area contributed by atoms with Crippen LogP contribution in [0.3, 0.4) is 0 Å². The Labute approximate surface area is 137 Å². The van der Waals surface area contributed by atoms with Gasteiger partial charge in [-0.05, 0) is 63.7 Å². The average molecular weight is 315 g/mol. The predicted molar refractivity (Wildman–Crippen MR) is 86.1 cm³/mol. The average Bonchev–Trinajstić information content (AvgIpc) is 2.62. The Morgan fingerprint density at radius 2 is 1.61 bits per heavy atom. The third-order valence-corrected chi connectivity index (χ3v) is 6.30. The van der Waals surface area contributed by atoms with Gasteiger partial charge in [0.1, 0.15) is 0 Å². The summed E-state index contributed by atoms with van der Waals surface area (Å²) in [6.45, 7) is 4.45. The topological polar surface area (TPSA) is 55.2 Å². The number of amides is 1. The van der Waals surface area contributed by atoms with E-state index in [0.29, 0.717) is 17.2 Å². The Kier molecular flexibility index (Phi) is 3.36. The fourth-order valence-electron chi connectivity index (χ4n) is 5.37. The Balaban J connectivity index is 1.62. The van der Waals surface area contributed by atoms with Gasteiger partial charge in [0, 0.05) is 25.3 Å². The second kappa shape index (κ2) is 5.18. The molecular formula is C18H25N3O2. The SMILES string of the molecule is Cc1nn(C)c(C)c1C(=O)C(=O)N1CC2C[C@@H]3CC1C[C@H](C2)C3. The van der Waals surface area contributed by atoms with Gasteiger partial charge in [0.25, 0.3) is 11.7 Å². The first-order valence-corrected chi connectivity index (χ1v) is 8.79. The lowest BCUT2D eigenvalue weighted by atomic mass is 9.68. The summed E-state index contributed by atoms with van der Waals surface area (Å²) in [5.41, 5.74) is 1.94. The van der Waals surface area contributed by atoms with E-state index in [1.54, 1.807) is 4.68 Å². The monoisotopic (exact) mass is 315 g/mol. The van der Waals surface area contributed by atoms with Crippen molar-refractivity contribution >= 4 is 11.7 Å². The number of carbonyl (C=O) groups is 2. The maximum Gasteiger partial charge on any atom is 0.295 e. The molecule has 5 rings (SSSR count). The lowest BCUT2D eigenvalue weighted by molar-refractivity contribution is -0.129. The predicted octanol–water partition coefficient (Wildman–Crippen LogP) is 2.26. The van der Waals surface area contributed by atoms with Gasteiger partial charge >= 0.3 is 0 Å². The van der Waals surface area contributed by atoms with Crippen molar-refractivity contribution in [1.29, 1.82) is 0 Å². The highest BCUT2D eigenvalue weighted by Crippen LogP contribution is 2.47. The summed E-state index contributed by atoms with van der Waals surface area (Å²) in [4.78, 5) is 27.7. The number of fused-ring (bicyclic) bond motifs is 1. The molecular weight excluding hydrogens is 290 g/mol. The molecule has 0 N–H and O–H groups in total. The first-order chi connectivity index (χ1) is 10.9. The third-order valence-electron chi connectivity index (χ3n) is 6.30. The molecule has 2 aliphatic carbocycles. The molecule has 0 aromatic carbocycles. The van der Waals surface area contributed by atoms with Crippen molar-refractivity contribution in [1.82, 2.24) is 14.7 Å². The van der Waals surface area contributed by atoms with Crippen LogP contribution < -0.4 is 0 Å². The fourth-order valence-corrected chi connectivity index (χ4v) is 5.37. The van der Waals surface area contributed by atoms with Crippen molar-refractivity contribution < 1.29 is 9.59 Å². The van der Waals surface area contributed by atoms with Gasteiger partial charge < -0.3 is 4.90 Å². The van der Waals surface area contributed by atoms with E-state index < -0.39 is 0 Å². The largest absolute Gasteiger partial charge is 0.333 e. The molecule has 4 aliphatic rings. The van der Waals surface area contributed by atoms with Crippen molar-refractivity contribution in [2.24, 2.45) is 24.8 Å². The number of aryl methyl sites for hydroxylation is 2. The van der Waals surface area contributed by atoms with Crippen LogP contribution in [-0.2, 0) is 11.8 Å². The van der Waals surface area contributed by atoms with E-state index in [1.165, 1.54) is 19.3 Å². The first kappa shape index (κ1) is 14.9. The first-order valence-electron chi connectivity index (χ1n) is 8.79. The van der Waals surface area contributed by atoms with Gasteiger partial charge in [0.15, 0.2) is 0 Å². The number of hydrogen-bond acceptors (Lipinski definition) is 3. The Morgan fingerprint density at radius 3 is 2.17 bits per heavy atom. The van der Waals surface area contributed by atoms with Gasteiger partial charge in [-0.15, -0.1) is 0 Å². The molecule has 5 heteroatoms.